The van der Waals surface area contributed by atoms with Crippen molar-refractivity contribution in [2.75, 3.05) is 5.32 Å². The first kappa shape index (κ1) is 10.3. The molecule has 0 radical (unpaired) electrons. The second kappa shape index (κ2) is 4.18. The molecule has 2 heterocycles. The van der Waals surface area contributed by atoms with Crippen molar-refractivity contribution in [1.29, 1.82) is 0 Å². The van der Waals surface area contributed by atoms with Crippen LogP contribution in [0.25, 0.3) is 10.9 Å². The van der Waals surface area contributed by atoms with Gasteiger partial charge in [0.15, 0.2) is 0 Å². The van der Waals surface area contributed by atoms with Gasteiger partial charge in [-0.05, 0) is 19.1 Å². The Kier molecular flexibility index (Phi) is 2.53. The van der Waals surface area contributed by atoms with Crippen molar-refractivity contribution in [3.05, 3.63) is 41.0 Å². The molecule has 0 aliphatic carbocycles. The lowest BCUT2D eigenvalue weighted by atomic mass is 10.2. The van der Waals surface area contributed by atoms with Crippen molar-refractivity contribution in [3.63, 3.8) is 0 Å². The fourth-order valence-electron chi connectivity index (χ4n) is 1.84. The van der Waals surface area contributed by atoms with E-state index in [2.05, 4.69) is 38.9 Å². The first-order valence-electron chi connectivity index (χ1n) is 5.41. The van der Waals surface area contributed by atoms with E-state index in [-0.39, 0.29) is 6.04 Å². The summed E-state index contributed by atoms with van der Waals surface area (Å²) in [6, 6.07) is 6.28. The number of benzene rings is 1. The van der Waals surface area contributed by atoms with Crippen molar-refractivity contribution in [2.24, 2.45) is 0 Å². The second-order valence-electron chi connectivity index (χ2n) is 3.92. The van der Waals surface area contributed by atoms with Gasteiger partial charge in [-0.3, -0.25) is 5.10 Å². The van der Waals surface area contributed by atoms with Crippen LogP contribution in [0, 0.1) is 0 Å². The molecule has 0 spiro atoms. The molecule has 0 aliphatic heterocycles. The van der Waals surface area contributed by atoms with Crippen molar-refractivity contribution in [2.45, 2.75) is 13.0 Å². The number of nitrogens with one attached hydrogen (secondary N) is 2. The molecule has 5 heteroatoms. The van der Waals surface area contributed by atoms with E-state index in [0.29, 0.717) is 0 Å². The molecule has 2 N–H and O–H groups in total. The van der Waals surface area contributed by atoms with Gasteiger partial charge in [-0.2, -0.15) is 5.10 Å². The van der Waals surface area contributed by atoms with E-state index in [1.54, 1.807) is 11.3 Å². The van der Waals surface area contributed by atoms with Gasteiger partial charge < -0.3 is 5.32 Å². The number of anilines is 1. The highest BCUT2D eigenvalue weighted by molar-refractivity contribution is 7.07. The van der Waals surface area contributed by atoms with Gasteiger partial charge in [-0.15, -0.1) is 11.3 Å². The Morgan fingerprint density at radius 2 is 2.35 bits per heavy atom. The van der Waals surface area contributed by atoms with Crippen LogP contribution in [-0.2, 0) is 0 Å². The van der Waals surface area contributed by atoms with Crippen molar-refractivity contribution < 1.29 is 0 Å². The molecule has 0 bridgehead atoms. The van der Waals surface area contributed by atoms with Crippen LogP contribution >= 0.6 is 11.3 Å². The third-order valence-electron chi connectivity index (χ3n) is 2.75. The minimum atomic E-state index is 0.196. The number of hydrogen-bond acceptors (Lipinski definition) is 4. The molecule has 3 rings (SSSR count). The van der Waals surface area contributed by atoms with Gasteiger partial charge in [0.05, 0.1) is 29.0 Å². The number of thiazole rings is 1. The Labute approximate surface area is 103 Å². The lowest BCUT2D eigenvalue weighted by Crippen LogP contribution is -2.06. The maximum absolute atomic E-state index is 4.31. The number of fused-ring (bicyclic) bond motifs is 1. The molecule has 0 saturated heterocycles. The molecular weight excluding hydrogens is 232 g/mol. The van der Waals surface area contributed by atoms with Crippen molar-refractivity contribution in [1.82, 2.24) is 15.2 Å². The van der Waals surface area contributed by atoms with Crippen LogP contribution in [0.1, 0.15) is 18.7 Å². The molecule has 1 atom stereocenters. The summed E-state index contributed by atoms with van der Waals surface area (Å²) in [6.45, 7) is 2.11. The topological polar surface area (TPSA) is 53.6 Å². The molecule has 86 valence electrons. The summed E-state index contributed by atoms with van der Waals surface area (Å²) >= 11 is 1.61. The maximum Gasteiger partial charge on any atom is 0.0795 e. The van der Waals surface area contributed by atoms with E-state index in [9.17, 15) is 0 Å². The third kappa shape index (κ3) is 1.89. The lowest BCUT2D eigenvalue weighted by molar-refractivity contribution is 0.852. The highest BCUT2D eigenvalue weighted by atomic mass is 32.1. The van der Waals surface area contributed by atoms with Crippen LogP contribution in [0.2, 0.25) is 0 Å². The molecule has 0 fully saturated rings. The largest absolute Gasteiger partial charge is 0.376 e. The standard InChI is InChI=1S/C12H12N4S/c1-8(12-6-17-7-13-12)15-10-3-2-4-11-9(10)5-14-16-11/h2-8,15H,1H3,(H,14,16). The molecule has 17 heavy (non-hydrogen) atoms. The number of rotatable bonds is 3. The Bertz CT molecular complexity index is 614. The number of aromatic nitrogens is 3. The van der Waals surface area contributed by atoms with Gasteiger partial charge in [0.2, 0.25) is 0 Å². The van der Waals surface area contributed by atoms with E-state index in [4.69, 9.17) is 0 Å². The average molecular weight is 244 g/mol. The Morgan fingerprint density at radius 1 is 1.41 bits per heavy atom. The van der Waals surface area contributed by atoms with Crippen LogP contribution in [0.5, 0.6) is 0 Å². The minimum Gasteiger partial charge on any atom is -0.376 e. The highest BCUT2D eigenvalue weighted by Gasteiger charge is 2.09. The fourth-order valence-corrected chi connectivity index (χ4v) is 2.48. The smallest absolute Gasteiger partial charge is 0.0795 e. The number of nitrogens with zero attached hydrogens (tertiary/aromatic N) is 2. The quantitative estimate of drug-likeness (QED) is 0.744. The summed E-state index contributed by atoms with van der Waals surface area (Å²) in [6.07, 6.45) is 1.84. The SMILES string of the molecule is CC(Nc1cccc2[nH]ncc12)c1cscn1. The van der Waals surface area contributed by atoms with Crippen molar-refractivity contribution >= 4 is 27.9 Å². The van der Waals surface area contributed by atoms with Gasteiger partial charge in [-0.1, -0.05) is 6.07 Å². The Hall–Kier alpha value is -1.88. The molecule has 0 amide bonds. The normalized spacial score (nSPS) is 12.8. The first-order valence-corrected chi connectivity index (χ1v) is 6.35. The first-order chi connectivity index (χ1) is 8.34. The average Bonchev–Trinajstić information content (AvgIpc) is 3.00. The predicted octanol–water partition coefficient (Wildman–Crippen LogP) is 3.19. The molecule has 2 aromatic heterocycles. The zero-order valence-corrected chi connectivity index (χ0v) is 10.2. The zero-order chi connectivity index (χ0) is 11.7. The van der Waals surface area contributed by atoms with Gasteiger partial charge in [-0.25, -0.2) is 4.98 Å². The Balaban J connectivity index is 1.92. The molecule has 1 aromatic carbocycles. The van der Waals surface area contributed by atoms with Crippen LogP contribution in [0.4, 0.5) is 5.69 Å². The number of H-pyrrole nitrogens is 1. The summed E-state index contributed by atoms with van der Waals surface area (Å²) in [5.41, 5.74) is 5.04. The van der Waals surface area contributed by atoms with Crippen LogP contribution in [0.15, 0.2) is 35.3 Å². The number of hydrogen-bond donors (Lipinski definition) is 2. The van der Waals surface area contributed by atoms with Gasteiger partial charge in [0, 0.05) is 16.5 Å². The van der Waals surface area contributed by atoms with Crippen LogP contribution < -0.4 is 5.32 Å². The fraction of sp³-hybridized carbons (Fsp3) is 0.167. The van der Waals surface area contributed by atoms with Crippen molar-refractivity contribution in [3.8, 4) is 0 Å². The van der Waals surface area contributed by atoms with E-state index in [1.165, 1.54) is 0 Å². The summed E-state index contributed by atoms with van der Waals surface area (Å²) in [5, 5.41) is 13.6. The van der Waals surface area contributed by atoms with Crippen LogP contribution in [-0.4, -0.2) is 15.2 Å². The molecule has 1 unspecified atom stereocenters. The summed E-state index contributed by atoms with van der Waals surface area (Å²) in [7, 11) is 0. The lowest BCUT2D eigenvalue weighted by Gasteiger charge is -2.13. The third-order valence-corrected chi connectivity index (χ3v) is 3.36. The van der Waals surface area contributed by atoms with Gasteiger partial charge in [0.1, 0.15) is 0 Å². The minimum absolute atomic E-state index is 0.196. The highest BCUT2D eigenvalue weighted by Crippen LogP contribution is 2.25. The molecule has 4 nitrogen and oxygen atoms in total. The maximum atomic E-state index is 4.31. The predicted molar refractivity (Wildman–Crippen MR) is 70.2 cm³/mol. The number of aromatic amines is 1. The van der Waals surface area contributed by atoms with Gasteiger partial charge >= 0.3 is 0 Å². The second-order valence-corrected chi connectivity index (χ2v) is 4.63. The van der Waals surface area contributed by atoms with E-state index in [1.807, 2.05) is 23.8 Å². The monoisotopic (exact) mass is 244 g/mol. The zero-order valence-electron chi connectivity index (χ0n) is 9.34. The van der Waals surface area contributed by atoms with Gasteiger partial charge in [0.25, 0.3) is 0 Å². The van der Waals surface area contributed by atoms with E-state index in [0.717, 1.165) is 22.3 Å². The van der Waals surface area contributed by atoms with E-state index < -0.39 is 0 Å². The molecule has 0 saturated carbocycles. The summed E-state index contributed by atoms with van der Waals surface area (Å²) in [5.74, 6) is 0. The molecular formula is C12H12N4S. The molecule has 3 aromatic rings. The summed E-state index contributed by atoms with van der Waals surface area (Å²) in [4.78, 5) is 4.31. The van der Waals surface area contributed by atoms with Crippen LogP contribution in [0.3, 0.4) is 0 Å². The Morgan fingerprint density at radius 3 is 3.18 bits per heavy atom. The molecule has 0 aliphatic rings. The van der Waals surface area contributed by atoms with E-state index >= 15 is 0 Å². The summed E-state index contributed by atoms with van der Waals surface area (Å²) < 4.78 is 0.